The first-order valence-electron chi connectivity index (χ1n) is 9.35. The second kappa shape index (κ2) is 18.5. The standard InChI is InChI=1S/C20H35ClO/c1-2-3-4-5-6-7-8-9-10-11-12-13-14-15-16-17-18-20(21)19-22/h6-7H,2-5,8-18H2,1H3. The van der Waals surface area contributed by atoms with E-state index in [9.17, 15) is 4.79 Å². The summed E-state index contributed by atoms with van der Waals surface area (Å²) < 4.78 is 0. The summed E-state index contributed by atoms with van der Waals surface area (Å²) >= 11 is 5.62. The molecule has 0 aromatic rings. The minimum atomic E-state index is 0.347. The normalized spacial score (nSPS) is 11.0. The number of allylic oxidation sites excluding steroid dienone is 3. The van der Waals surface area contributed by atoms with E-state index in [1.165, 1.54) is 83.5 Å². The van der Waals surface area contributed by atoms with Crippen molar-refractivity contribution >= 4 is 17.5 Å². The monoisotopic (exact) mass is 326 g/mol. The molecule has 0 fully saturated rings. The quantitative estimate of drug-likeness (QED) is 0.164. The second-order valence-corrected chi connectivity index (χ2v) is 6.65. The maximum Gasteiger partial charge on any atom is 0.140 e. The summed E-state index contributed by atoms with van der Waals surface area (Å²) in [7, 11) is 0. The Morgan fingerprint density at radius 2 is 1.23 bits per heavy atom. The highest BCUT2D eigenvalue weighted by atomic mass is 35.5. The molecular weight excluding hydrogens is 292 g/mol. The molecule has 0 radical (unpaired) electrons. The van der Waals surface area contributed by atoms with Crippen molar-refractivity contribution in [1.29, 1.82) is 0 Å². The molecule has 2 heteroatoms. The van der Waals surface area contributed by atoms with E-state index in [0.717, 1.165) is 6.42 Å². The van der Waals surface area contributed by atoms with Crippen LogP contribution in [0.15, 0.2) is 17.2 Å². The molecule has 0 amide bonds. The number of halogens is 1. The second-order valence-electron chi connectivity index (χ2n) is 6.19. The molecule has 0 aromatic carbocycles. The van der Waals surface area contributed by atoms with Gasteiger partial charge in [-0.2, -0.15) is 0 Å². The Morgan fingerprint density at radius 1 is 0.773 bits per heavy atom. The van der Waals surface area contributed by atoms with Crippen molar-refractivity contribution in [3.63, 3.8) is 0 Å². The van der Waals surface area contributed by atoms with E-state index in [1.807, 2.05) is 0 Å². The van der Waals surface area contributed by atoms with Gasteiger partial charge in [0.25, 0.3) is 0 Å². The minimum Gasteiger partial charge on any atom is -0.232 e. The molecule has 0 unspecified atom stereocenters. The fourth-order valence-corrected chi connectivity index (χ4v) is 2.71. The molecule has 0 aliphatic heterocycles. The van der Waals surface area contributed by atoms with Crippen molar-refractivity contribution in [1.82, 2.24) is 0 Å². The van der Waals surface area contributed by atoms with Crippen LogP contribution in [0.25, 0.3) is 0 Å². The molecule has 22 heavy (non-hydrogen) atoms. The lowest BCUT2D eigenvalue weighted by Crippen LogP contribution is -1.82. The van der Waals surface area contributed by atoms with Crippen LogP contribution in [0.3, 0.4) is 0 Å². The van der Waals surface area contributed by atoms with Crippen LogP contribution in [0.5, 0.6) is 0 Å². The molecule has 0 spiro atoms. The summed E-state index contributed by atoms with van der Waals surface area (Å²) in [5, 5.41) is 0.347. The predicted molar refractivity (Wildman–Crippen MR) is 99.1 cm³/mol. The molecule has 128 valence electrons. The minimum absolute atomic E-state index is 0.347. The van der Waals surface area contributed by atoms with Gasteiger partial charge >= 0.3 is 0 Å². The lowest BCUT2D eigenvalue weighted by atomic mass is 10.1. The fraction of sp³-hybridized carbons (Fsp3) is 0.800. The first-order valence-corrected chi connectivity index (χ1v) is 9.73. The number of carbonyl (C=O) groups excluding carboxylic acids is 1. The van der Waals surface area contributed by atoms with Gasteiger partial charge < -0.3 is 0 Å². The Bertz CT molecular complexity index is 303. The Kier molecular flexibility index (Phi) is 18.1. The molecule has 0 aliphatic carbocycles. The van der Waals surface area contributed by atoms with Crippen LogP contribution in [-0.2, 0) is 4.79 Å². The van der Waals surface area contributed by atoms with E-state index < -0.39 is 0 Å². The zero-order valence-electron chi connectivity index (χ0n) is 14.5. The third-order valence-electron chi connectivity index (χ3n) is 4.02. The molecule has 0 N–H and O–H groups in total. The first-order chi connectivity index (χ1) is 10.8. The van der Waals surface area contributed by atoms with Gasteiger partial charge in [0.1, 0.15) is 11.0 Å². The smallest absolute Gasteiger partial charge is 0.140 e. The van der Waals surface area contributed by atoms with Gasteiger partial charge in [-0.1, -0.05) is 88.5 Å². The van der Waals surface area contributed by atoms with E-state index in [1.54, 1.807) is 5.94 Å². The summed E-state index contributed by atoms with van der Waals surface area (Å²) in [5.41, 5.74) is 0. The molecule has 1 nitrogen and oxygen atoms in total. The topological polar surface area (TPSA) is 17.1 Å². The van der Waals surface area contributed by atoms with Crippen LogP contribution >= 0.6 is 11.6 Å². The number of rotatable bonds is 16. The maximum atomic E-state index is 10.2. The van der Waals surface area contributed by atoms with Gasteiger partial charge in [-0.15, -0.1) is 0 Å². The zero-order chi connectivity index (χ0) is 16.3. The Morgan fingerprint density at radius 3 is 1.73 bits per heavy atom. The number of hydrogen-bond acceptors (Lipinski definition) is 1. The molecule has 0 bridgehead atoms. The molecular formula is C20H35ClO. The van der Waals surface area contributed by atoms with E-state index in [-0.39, 0.29) is 0 Å². The van der Waals surface area contributed by atoms with Gasteiger partial charge in [0.15, 0.2) is 0 Å². The molecule has 0 atom stereocenters. The van der Waals surface area contributed by atoms with E-state index >= 15 is 0 Å². The molecule has 0 saturated heterocycles. The average molecular weight is 327 g/mol. The van der Waals surface area contributed by atoms with Crippen LogP contribution in [-0.4, -0.2) is 5.94 Å². The molecule has 0 rings (SSSR count). The summed E-state index contributed by atoms with van der Waals surface area (Å²) in [6, 6.07) is 0. The lowest BCUT2D eigenvalue weighted by Gasteiger charge is -2.01. The van der Waals surface area contributed by atoms with Gasteiger partial charge in [0, 0.05) is 0 Å². The van der Waals surface area contributed by atoms with E-state index in [2.05, 4.69) is 19.1 Å². The van der Waals surface area contributed by atoms with Crippen molar-refractivity contribution in [3.8, 4) is 0 Å². The molecule has 0 heterocycles. The van der Waals surface area contributed by atoms with Crippen LogP contribution in [0.1, 0.15) is 103 Å². The van der Waals surface area contributed by atoms with Crippen molar-refractivity contribution in [3.05, 3.63) is 17.2 Å². The Balaban J connectivity index is 3.10. The fourth-order valence-electron chi connectivity index (χ4n) is 2.58. The van der Waals surface area contributed by atoms with Crippen LogP contribution < -0.4 is 0 Å². The first kappa shape index (κ1) is 21.5. The van der Waals surface area contributed by atoms with Crippen molar-refractivity contribution < 1.29 is 4.79 Å². The highest BCUT2D eigenvalue weighted by Crippen LogP contribution is 2.14. The van der Waals surface area contributed by atoms with Crippen molar-refractivity contribution in [2.75, 3.05) is 0 Å². The highest BCUT2D eigenvalue weighted by Gasteiger charge is 1.95. The van der Waals surface area contributed by atoms with Crippen LogP contribution in [0.2, 0.25) is 0 Å². The Labute approximate surface area is 143 Å². The Hall–Kier alpha value is -0.520. The van der Waals surface area contributed by atoms with Gasteiger partial charge in [-0.3, -0.25) is 0 Å². The van der Waals surface area contributed by atoms with Crippen molar-refractivity contribution in [2.45, 2.75) is 103 Å². The maximum absolute atomic E-state index is 10.2. The number of hydrogen-bond donors (Lipinski definition) is 0. The van der Waals surface area contributed by atoms with E-state index in [0.29, 0.717) is 11.5 Å². The summed E-state index contributed by atoms with van der Waals surface area (Å²) in [5.74, 6) is 1.74. The molecule has 0 aromatic heterocycles. The molecule has 0 saturated carbocycles. The SMILES string of the molecule is CCCCCC=CCCCCCCCCCCCC(Cl)=C=O. The van der Waals surface area contributed by atoms with Crippen molar-refractivity contribution in [2.24, 2.45) is 0 Å². The zero-order valence-corrected chi connectivity index (χ0v) is 15.3. The predicted octanol–water partition coefficient (Wildman–Crippen LogP) is 7.37. The lowest BCUT2D eigenvalue weighted by molar-refractivity contribution is 0.557. The van der Waals surface area contributed by atoms with Crippen LogP contribution in [0, 0.1) is 0 Å². The summed E-state index contributed by atoms with van der Waals surface area (Å²) in [4.78, 5) is 10.2. The summed E-state index contributed by atoms with van der Waals surface area (Å²) in [6.45, 7) is 2.25. The third kappa shape index (κ3) is 17.5. The van der Waals surface area contributed by atoms with Gasteiger partial charge in [0.05, 0.1) is 0 Å². The largest absolute Gasteiger partial charge is 0.232 e. The van der Waals surface area contributed by atoms with Crippen LogP contribution in [0.4, 0.5) is 0 Å². The number of unbranched alkanes of at least 4 members (excludes halogenated alkanes) is 12. The molecule has 0 aliphatic rings. The van der Waals surface area contributed by atoms with Gasteiger partial charge in [-0.05, 0) is 38.5 Å². The van der Waals surface area contributed by atoms with Gasteiger partial charge in [0.2, 0.25) is 0 Å². The average Bonchev–Trinajstić information content (AvgIpc) is 2.54. The highest BCUT2D eigenvalue weighted by molar-refractivity contribution is 6.33. The summed E-state index contributed by atoms with van der Waals surface area (Å²) in [6.07, 6.45) is 23.6. The van der Waals surface area contributed by atoms with E-state index in [4.69, 9.17) is 11.6 Å². The van der Waals surface area contributed by atoms with Gasteiger partial charge in [-0.25, -0.2) is 4.79 Å². The third-order valence-corrected chi connectivity index (χ3v) is 4.28.